The van der Waals surface area contributed by atoms with Gasteiger partial charge in [-0.25, -0.2) is 9.18 Å². The molecular formula is C31H37FN3O5+. The number of aromatic amines is 1. The van der Waals surface area contributed by atoms with E-state index in [0.29, 0.717) is 24.4 Å². The molecule has 0 atom stereocenters. The van der Waals surface area contributed by atoms with Crippen molar-refractivity contribution in [2.45, 2.75) is 26.2 Å². The third kappa shape index (κ3) is 5.62. The molecule has 1 fully saturated rings. The second kappa shape index (κ2) is 11.1. The van der Waals surface area contributed by atoms with E-state index in [0.717, 1.165) is 59.5 Å². The summed E-state index contributed by atoms with van der Waals surface area (Å²) in [5.41, 5.74) is 2.45. The number of hydrogen-bond acceptors (Lipinski definition) is 5. The topological polar surface area (TPSA) is 80.9 Å². The van der Waals surface area contributed by atoms with Crippen LogP contribution in [-0.4, -0.2) is 85.9 Å². The van der Waals surface area contributed by atoms with Gasteiger partial charge in [-0.3, -0.25) is 4.79 Å². The number of hydrogen-bond donors (Lipinski definition) is 1. The van der Waals surface area contributed by atoms with Crippen molar-refractivity contribution in [3.8, 4) is 5.75 Å². The summed E-state index contributed by atoms with van der Waals surface area (Å²) in [6, 6.07) is 11.3. The van der Waals surface area contributed by atoms with Crippen molar-refractivity contribution in [3.63, 3.8) is 0 Å². The number of amides is 1. The van der Waals surface area contributed by atoms with Gasteiger partial charge in [0.15, 0.2) is 0 Å². The lowest BCUT2D eigenvalue weighted by atomic mass is 9.81. The van der Waals surface area contributed by atoms with E-state index < -0.39 is 17.2 Å². The van der Waals surface area contributed by atoms with E-state index in [1.54, 1.807) is 13.1 Å². The highest BCUT2D eigenvalue weighted by Crippen LogP contribution is 2.41. The van der Waals surface area contributed by atoms with Gasteiger partial charge in [0.05, 0.1) is 38.1 Å². The Balaban J connectivity index is 1.48. The predicted octanol–water partition coefficient (Wildman–Crippen LogP) is 4.50. The summed E-state index contributed by atoms with van der Waals surface area (Å²) in [7, 11) is 2.23. The Morgan fingerprint density at radius 1 is 1.12 bits per heavy atom. The van der Waals surface area contributed by atoms with E-state index in [1.807, 2.05) is 32.0 Å². The molecule has 40 heavy (non-hydrogen) atoms. The Kier molecular flexibility index (Phi) is 7.70. The fraction of sp³-hybridized carbons (Fsp3) is 0.419. The van der Waals surface area contributed by atoms with Gasteiger partial charge in [0.1, 0.15) is 37.8 Å². The van der Waals surface area contributed by atoms with E-state index in [1.165, 1.54) is 29.2 Å². The summed E-state index contributed by atoms with van der Waals surface area (Å²) in [6.07, 6.45) is 1.55. The number of carbonyl (C=O) groups is 2. The Morgan fingerprint density at radius 3 is 2.55 bits per heavy atom. The minimum Gasteiger partial charge on any atom is -0.488 e. The van der Waals surface area contributed by atoms with Crippen molar-refractivity contribution in [2.24, 2.45) is 0 Å². The third-order valence-electron chi connectivity index (χ3n) is 7.86. The molecule has 0 unspecified atom stereocenters. The van der Waals surface area contributed by atoms with Crippen LogP contribution < -0.4 is 4.74 Å². The van der Waals surface area contributed by atoms with Crippen LogP contribution in [0.2, 0.25) is 0 Å². The number of morpholine rings is 1. The third-order valence-corrected chi connectivity index (χ3v) is 7.86. The van der Waals surface area contributed by atoms with Gasteiger partial charge >= 0.3 is 5.97 Å². The summed E-state index contributed by atoms with van der Waals surface area (Å²) in [4.78, 5) is 31.6. The Bertz CT molecular complexity index is 1440. The first kappa shape index (κ1) is 27.9. The number of halogens is 1. The molecule has 5 rings (SSSR count). The fourth-order valence-electron chi connectivity index (χ4n) is 5.59. The van der Waals surface area contributed by atoms with Crippen molar-refractivity contribution < 1.29 is 32.7 Å². The lowest BCUT2D eigenvalue weighted by molar-refractivity contribution is -0.916. The summed E-state index contributed by atoms with van der Waals surface area (Å²) in [5, 5.41) is 0.950. The maximum atomic E-state index is 13.5. The average molecular weight is 551 g/mol. The van der Waals surface area contributed by atoms with Gasteiger partial charge in [-0.05, 0) is 48.9 Å². The zero-order valence-corrected chi connectivity index (χ0v) is 23.6. The van der Waals surface area contributed by atoms with Crippen LogP contribution >= 0.6 is 0 Å². The van der Waals surface area contributed by atoms with Crippen LogP contribution in [0.3, 0.4) is 0 Å². The molecule has 0 radical (unpaired) electrons. The first-order valence-corrected chi connectivity index (χ1v) is 13.8. The summed E-state index contributed by atoms with van der Waals surface area (Å²) in [5.74, 6) is -0.519. The molecule has 1 saturated heterocycles. The molecule has 3 aromatic rings. The van der Waals surface area contributed by atoms with Crippen molar-refractivity contribution in [1.29, 1.82) is 0 Å². The molecule has 1 aromatic heterocycles. The van der Waals surface area contributed by atoms with Crippen LogP contribution in [0.1, 0.15) is 42.4 Å². The highest BCUT2D eigenvalue weighted by Gasteiger charge is 2.37. The van der Waals surface area contributed by atoms with Gasteiger partial charge in [-0.1, -0.05) is 13.8 Å². The number of nitrogens with one attached hydrogen (secondary N) is 1. The van der Waals surface area contributed by atoms with E-state index in [-0.39, 0.29) is 18.1 Å². The minimum absolute atomic E-state index is 0.197. The zero-order valence-electron chi connectivity index (χ0n) is 23.6. The highest BCUT2D eigenvalue weighted by atomic mass is 19.1. The summed E-state index contributed by atoms with van der Waals surface area (Å²) < 4.78 is 31.5. The average Bonchev–Trinajstić information content (AvgIpc) is 3.25. The van der Waals surface area contributed by atoms with E-state index >= 15 is 0 Å². The van der Waals surface area contributed by atoms with Crippen molar-refractivity contribution in [1.82, 2.24) is 9.88 Å². The number of nitrogens with zero attached hydrogens (tertiary/aromatic N) is 2. The maximum Gasteiger partial charge on any atom is 0.341 e. The fourth-order valence-corrected chi connectivity index (χ4v) is 5.59. The second-order valence-corrected chi connectivity index (χ2v) is 11.4. The number of ether oxygens (including phenoxy) is 3. The lowest BCUT2D eigenvalue weighted by Crippen LogP contribution is -2.53. The number of quaternary nitrogens is 1. The van der Waals surface area contributed by atoms with Crippen LogP contribution in [0.25, 0.3) is 16.5 Å². The molecule has 1 N–H and O–H groups in total. The first-order chi connectivity index (χ1) is 19.1. The van der Waals surface area contributed by atoms with Gasteiger partial charge in [0.25, 0.3) is 5.91 Å². The summed E-state index contributed by atoms with van der Waals surface area (Å²) >= 11 is 0. The normalized spacial score (nSPS) is 18.0. The van der Waals surface area contributed by atoms with Gasteiger partial charge in [0.2, 0.25) is 0 Å². The maximum absolute atomic E-state index is 13.5. The number of benzene rings is 2. The van der Waals surface area contributed by atoms with E-state index in [4.69, 9.17) is 14.2 Å². The lowest BCUT2D eigenvalue weighted by Gasteiger charge is -2.37. The van der Waals surface area contributed by atoms with Crippen LogP contribution in [0.15, 0.2) is 48.7 Å². The number of carbonyl (C=O) groups excluding carboxylic acids is 2. The number of rotatable bonds is 7. The molecule has 9 heteroatoms. The molecule has 8 nitrogen and oxygen atoms in total. The van der Waals surface area contributed by atoms with Gasteiger partial charge in [0, 0.05) is 40.7 Å². The molecule has 0 spiro atoms. The molecule has 1 amide bonds. The van der Waals surface area contributed by atoms with Crippen molar-refractivity contribution in [3.05, 3.63) is 71.3 Å². The predicted molar refractivity (Wildman–Crippen MR) is 150 cm³/mol. The van der Waals surface area contributed by atoms with E-state index in [9.17, 15) is 14.0 Å². The highest BCUT2D eigenvalue weighted by molar-refractivity contribution is 6.18. The van der Waals surface area contributed by atoms with E-state index in [2.05, 4.69) is 12.0 Å². The number of aromatic nitrogens is 1. The molecule has 2 aliphatic heterocycles. The monoisotopic (exact) mass is 550 g/mol. The standard InChI is InChI=1S/C31H37FN3O5/c1-5-39-30(37)25-19-34(29(36)21-6-8-22(32)9-7-21)20-31(2,3)27-24-11-10-23(18-26(24)33-28(25)27)40-17-14-35(4)12-15-38-16-13-35/h6-11,18-19,33H,5,12-17,20H2,1-4H3/q+1. The summed E-state index contributed by atoms with van der Waals surface area (Å²) in [6.45, 7) is 11.3. The number of esters is 1. The second-order valence-electron chi connectivity index (χ2n) is 11.4. The molecular weight excluding hydrogens is 513 g/mol. The number of fused-ring (bicyclic) bond motifs is 3. The Labute approximate surface area is 233 Å². The molecule has 2 aromatic carbocycles. The molecule has 0 bridgehead atoms. The Hall–Kier alpha value is -3.69. The van der Waals surface area contributed by atoms with Gasteiger partial charge in [-0.2, -0.15) is 0 Å². The SMILES string of the molecule is CCOC(=O)C1=CN(C(=O)c2ccc(F)cc2)CC(C)(C)c2c1[nH]c1cc(OCC[N+]3(C)CCOCC3)ccc21. The molecule has 0 saturated carbocycles. The molecule has 3 heterocycles. The molecule has 2 aliphatic rings. The molecule has 212 valence electrons. The van der Waals surface area contributed by atoms with Gasteiger partial charge in [-0.15, -0.1) is 0 Å². The van der Waals surface area contributed by atoms with Gasteiger partial charge < -0.3 is 28.6 Å². The first-order valence-electron chi connectivity index (χ1n) is 13.8. The Morgan fingerprint density at radius 2 is 1.85 bits per heavy atom. The van der Waals surface area contributed by atoms with Crippen LogP contribution in [0.4, 0.5) is 4.39 Å². The van der Waals surface area contributed by atoms with Crippen LogP contribution in [0.5, 0.6) is 5.75 Å². The number of likely N-dealkylation sites (N-methyl/N-ethyl adjacent to an activating group) is 1. The van der Waals surface area contributed by atoms with Crippen molar-refractivity contribution in [2.75, 3.05) is 59.7 Å². The number of H-pyrrole nitrogens is 1. The zero-order chi connectivity index (χ0) is 28.5. The van der Waals surface area contributed by atoms with Crippen molar-refractivity contribution >= 4 is 28.4 Å². The molecule has 0 aliphatic carbocycles. The largest absolute Gasteiger partial charge is 0.488 e. The quantitative estimate of drug-likeness (QED) is 0.346. The minimum atomic E-state index is -0.536. The van der Waals surface area contributed by atoms with Crippen LogP contribution in [-0.2, 0) is 19.7 Å². The smallest absolute Gasteiger partial charge is 0.341 e. The van der Waals surface area contributed by atoms with Crippen LogP contribution in [0, 0.1) is 5.82 Å².